The standard InChI is InChI=1S/C15H22N2O3/c1-9(2)15(18)17-8-11(16)5-10-6-13(19-3)14(20-4)7-12(10)17/h6-7,9,11H,5,8,16H2,1-4H3. The van der Waals surface area contributed by atoms with Crippen LogP contribution >= 0.6 is 0 Å². The highest BCUT2D eigenvalue weighted by Crippen LogP contribution is 2.38. The SMILES string of the molecule is COc1cc2c(cc1OC)N(C(=O)C(C)C)CC(N)C2. The van der Waals surface area contributed by atoms with Crippen LogP contribution < -0.4 is 20.1 Å². The van der Waals surface area contributed by atoms with Gasteiger partial charge in [-0.05, 0) is 18.1 Å². The Morgan fingerprint density at radius 1 is 1.30 bits per heavy atom. The van der Waals surface area contributed by atoms with E-state index in [2.05, 4.69) is 0 Å². The Labute approximate surface area is 119 Å². The molecule has 5 heteroatoms. The maximum absolute atomic E-state index is 12.4. The summed E-state index contributed by atoms with van der Waals surface area (Å²) in [4.78, 5) is 14.1. The molecule has 1 aromatic carbocycles. The van der Waals surface area contributed by atoms with Gasteiger partial charge in [0.15, 0.2) is 11.5 Å². The quantitative estimate of drug-likeness (QED) is 0.911. The van der Waals surface area contributed by atoms with Crippen molar-refractivity contribution in [1.29, 1.82) is 0 Å². The molecule has 1 unspecified atom stereocenters. The van der Waals surface area contributed by atoms with Gasteiger partial charge in [-0.25, -0.2) is 0 Å². The number of carbonyl (C=O) groups excluding carboxylic acids is 1. The van der Waals surface area contributed by atoms with Gasteiger partial charge in [0.05, 0.1) is 19.9 Å². The zero-order valence-corrected chi connectivity index (χ0v) is 12.5. The molecule has 0 spiro atoms. The molecule has 0 saturated heterocycles. The summed E-state index contributed by atoms with van der Waals surface area (Å²) in [5.41, 5.74) is 7.98. The number of ether oxygens (including phenoxy) is 2. The molecule has 110 valence electrons. The number of amides is 1. The number of benzene rings is 1. The van der Waals surface area contributed by atoms with Gasteiger partial charge in [-0.2, -0.15) is 0 Å². The van der Waals surface area contributed by atoms with Crippen LogP contribution in [0.4, 0.5) is 5.69 Å². The molecule has 2 N–H and O–H groups in total. The lowest BCUT2D eigenvalue weighted by Crippen LogP contribution is -2.47. The second kappa shape index (κ2) is 5.71. The van der Waals surface area contributed by atoms with Crippen LogP contribution in [0.2, 0.25) is 0 Å². The van der Waals surface area contributed by atoms with Crippen molar-refractivity contribution in [2.45, 2.75) is 26.3 Å². The Morgan fingerprint density at radius 3 is 2.45 bits per heavy atom. The average molecular weight is 278 g/mol. The Bertz CT molecular complexity index is 514. The molecule has 0 aliphatic carbocycles. The van der Waals surface area contributed by atoms with Crippen LogP contribution in [0.5, 0.6) is 11.5 Å². The zero-order valence-electron chi connectivity index (χ0n) is 12.5. The number of fused-ring (bicyclic) bond motifs is 1. The lowest BCUT2D eigenvalue weighted by atomic mass is 9.96. The molecular formula is C15H22N2O3. The molecule has 20 heavy (non-hydrogen) atoms. The summed E-state index contributed by atoms with van der Waals surface area (Å²) >= 11 is 0. The van der Waals surface area contributed by atoms with Crippen LogP contribution in [-0.2, 0) is 11.2 Å². The number of carbonyl (C=O) groups is 1. The van der Waals surface area contributed by atoms with Gasteiger partial charge in [-0.1, -0.05) is 13.8 Å². The summed E-state index contributed by atoms with van der Waals surface area (Å²) in [6.07, 6.45) is 0.734. The van der Waals surface area contributed by atoms with E-state index in [4.69, 9.17) is 15.2 Å². The number of nitrogens with zero attached hydrogens (tertiary/aromatic N) is 1. The van der Waals surface area contributed by atoms with Gasteiger partial charge in [-0.3, -0.25) is 4.79 Å². The summed E-state index contributed by atoms with van der Waals surface area (Å²) < 4.78 is 10.6. The number of rotatable bonds is 3. The molecule has 1 aromatic rings. The molecule has 0 radical (unpaired) electrons. The molecule has 1 atom stereocenters. The monoisotopic (exact) mass is 278 g/mol. The fourth-order valence-electron chi connectivity index (χ4n) is 2.53. The average Bonchev–Trinajstić information content (AvgIpc) is 2.43. The van der Waals surface area contributed by atoms with Crippen molar-refractivity contribution in [2.24, 2.45) is 11.7 Å². The predicted octanol–water partition coefficient (Wildman–Crippen LogP) is 1.58. The molecule has 1 heterocycles. The molecule has 5 nitrogen and oxygen atoms in total. The molecule has 0 aromatic heterocycles. The third-order valence-electron chi connectivity index (χ3n) is 3.53. The highest BCUT2D eigenvalue weighted by atomic mass is 16.5. The minimum atomic E-state index is -0.0683. The molecular weight excluding hydrogens is 256 g/mol. The summed E-state index contributed by atoms with van der Waals surface area (Å²) in [5, 5.41) is 0. The smallest absolute Gasteiger partial charge is 0.229 e. The first kappa shape index (κ1) is 14.7. The van der Waals surface area contributed by atoms with Gasteiger partial charge >= 0.3 is 0 Å². The van der Waals surface area contributed by atoms with Crippen molar-refractivity contribution in [1.82, 2.24) is 0 Å². The van der Waals surface area contributed by atoms with Crippen molar-refractivity contribution in [2.75, 3.05) is 25.7 Å². The van der Waals surface area contributed by atoms with Crippen LogP contribution in [-0.4, -0.2) is 32.7 Å². The first-order valence-electron chi connectivity index (χ1n) is 6.79. The molecule has 0 bridgehead atoms. The molecule has 1 aliphatic heterocycles. The van der Waals surface area contributed by atoms with E-state index in [0.717, 1.165) is 17.7 Å². The fourth-order valence-corrected chi connectivity index (χ4v) is 2.53. The molecule has 1 amide bonds. The van der Waals surface area contributed by atoms with Crippen molar-refractivity contribution < 1.29 is 14.3 Å². The molecule has 1 aliphatic rings. The summed E-state index contributed by atoms with van der Waals surface area (Å²) in [6, 6.07) is 3.72. The minimum absolute atomic E-state index is 0.0525. The Hall–Kier alpha value is -1.75. The topological polar surface area (TPSA) is 64.8 Å². The zero-order chi connectivity index (χ0) is 14.9. The van der Waals surface area contributed by atoms with E-state index in [1.54, 1.807) is 19.1 Å². The third kappa shape index (κ3) is 2.58. The largest absolute Gasteiger partial charge is 0.493 e. The van der Waals surface area contributed by atoms with E-state index in [-0.39, 0.29) is 17.9 Å². The predicted molar refractivity (Wildman–Crippen MR) is 78.4 cm³/mol. The van der Waals surface area contributed by atoms with Gasteiger partial charge < -0.3 is 20.1 Å². The van der Waals surface area contributed by atoms with Crippen LogP contribution in [0.3, 0.4) is 0 Å². The van der Waals surface area contributed by atoms with Gasteiger partial charge in [-0.15, -0.1) is 0 Å². The summed E-state index contributed by atoms with van der Waals surface area (Å²) in [6.45, 7) is 4.32. The highest BCUT2D eigenvalue weighted by molar-refractivity contribution is 5.96. The van der Waals surface area contributed by atoms with Crippen molar-refractivity contribution >= 4 is 11.6 Å². The van der Waals surface area contributed by atoms with Gasteiger partial charge in [0.25, 0.3) is 0 Å². The Balaban J connectivity index is 2.50. The maximum Gasteiger partial charge on any atom is 0.229 e. The van der Waals surface area contributed by atoms with Gasteiger partial charge in [0, 0.05) is 24.6 Å². The molecule has 0 fully saturated rings. The molecule has 0 saturated carbocycles. The normalized spacial score (nSPS) is 17.9. The molecule has 2 rings (SSSR count). The van der Waals surface area contributed by atoms with E-state index < -0.39 is 0 Å². The Morgan fingerprint density at radius 2 is 1.90 bits per heavy atom. The number of nitrogens with two attached hydrogens (primary N) is 1. The van der Waals surface area contributed by atoms with E-state index in [1.165, 1.54) is 0 Å². The first-order valence-corrected chi connectivity index (χ1v) is 6.79. The van der Waals surface area contributed by atoms with E-state index in [1.807, 2.05) is 26.0 Å². The fraction of sp³-hybridized carbons (Fsp3) is 0.533. The van der Waals surface area contributed by atoms with Crippen molar-refractivity contribution in [3.8, 4) is 11.5 Å². The number of methoxy groups -OCH3 is 2. The lowest BCUT2D eigenvalue weighted by molar-refractivity contribution is -0.121. The van der Waals surface area contributed by atoms with Crippen LogP contribution in [0.1, 0.15) is 19.4 Å². The number of hydrogen-bond acceptors (Lipinski definition) is 4. The van der Waals surface area contributed by atoms with Gasteiger partial charge in [0.2, 0.25) is 5.91 Å². The maximum atomic E-state index is 12.4. The van der Waals surface area contributed by atoms with E-state index >= 15 is 0 Å². The van der Waals surface area contributed by atoms with Gasteiger partial charge in [0.1, 0.15) is 0 Å². The van der Waals surface area contributed by atoms with Crippen LogP contribution in [0, 0.1) is 5.92 Å². The van der Waals surface area contributed by atoms with E-state index in [9.17, 15) is 4.79 Å². The number of anilines is 1. The van der Waals surface area contributed by atoms with E-state index in [0.29, 0.717) is 18.0 Å². The lowest BCUT2D eigenvalue weighted by Gasteiger charge is -2.34. The summed E-state index contributed by atoms with van der Waals surface area (Å²) in [7, 11) is 3.19. The number of hydrogen-bond donors (Lipinski definition) is 1. The minimum Gasteiger partial charge on any atom is -0.493 e. The van der Waals surface area contributed by atoms with Crippen molar-refractivity contribution in [3.63, 3.8) is 0 Å². The first-order chi connectivity index (χ1) is 9.47. The Kier molecular flexibility index (Phi) is 4.18. The second-order valence-electron chi connectivity index (χ2n) is 5.40. The third-order valence-corrected chi connectivity index (χ3v) is 3.53. The van der Waals surface area contributed by atoms with Crippen molar-refractivity contribution in [3.05, 3.63) is 17.7 Å². The van der Waals surface area contributed by atoms with Crippen LogP contribution in [0.25, 0.3) is 0 Å². The summed E-state index contributed by atoms with van der Waals surface area (Å²) in [5.74, 6) is 1.30. The highest BCUT2D eigenvalue weighted by Gasteiger charge is 2.29. The van der Waals surface area contributed by atoms with Crippen LogP contribution in [0.15, 0.2) is 12.1 Å². The second-order valence-corrected chi connectivity index (χ2v) is 5.40.